The molecule has 0 aliphatic carbocycles. The molecule has 0 aromatic heterocycles. The van der Waals surface area contributed by atoms with Crippen molar-refractivity contribution in [1.82, 2.24) is 0 Å². The standard InChI is InChI=1S/C8H13N.C2H6/c1-4-8(3)6-7-9-5-2;1-2/h4-7H,1-3H3;1-2H3/b7-6-,8-4-,9-5?;. The molecule has 0 bridgehead atoms. The largest absolute Gasteiger partial charge is 0.269 e. The third-order valence-electron chi connectivity index (χ3n) is 1.03. The predicted molar refractivity (Wildman–Crippen MR) is 54.1 cm³/mol. The topological polar surface area (TPSA) is 12.4 Å². The molecule has 1 heteroatoms. The SMILES string of the molecule is CC.CC=N/C=C\C(C)=C/C. The van der Waals surface area contributed by atoms with Crippen molar-refractivity contribution >= 4 is 6.21 Å². The first-order valence-corrected chi connectivity index (χ1v) is 4.08. The lowest BCUT2D eigenvalue weighted by Gasteiger charge is -1.82. The summed E-state index contributed by atoms with van der Waals surface area (Å²) in [5.41, 5.74) is 1.24. The van der Waals surface area contributed by atoms with Gasteiger partial charge in [-0.25, -0.2) is 0 Å². The van der Waals surface area contributed by atoms with E-state index < -0.39 is 0 Å². The molecule has 11 heavy (non-hydrogen) atoms. The molecule has 0 fully saturated rings. The minimum Gasteiger partial charge on any atom is -0.269 e. The zero-order valence-corrected chi connectivity index (χ0v) is 8.26. The van der Waals surface area contributed by atoms with E-state index in [0.29, 0.717) is 0 Å². The van der Waals surface area contributed by atoms with Crippen LogP contribution in [0.3, 0.4) is 0 Å². The third-order valence-corrected chi connectivity index (χ3v) is 1.03. The molecule has 0 unspecified atom stereocenters. The summed E-state index contributed by atoms with van der Waals surface area (Å²) in [6, 6.07) is 0. The average molecular weight is 153 g/mol. The smallest absolute Gasteiger partial charge is 0.0266 e. The monoisotopic (exact) mass is 153 g/mol. The molecule has 0 aromatic rings. The first-order valence-electron chi connectivity index (χ1n) is 4.08. The second-order valence-corrected chi connectivity index (χ2v) is 1.76. The Bertz CT molecular complexity index is 141. The van der Waals surface area contributed by atoms with E-state index in [1.54, 1.807) is 12.4 Å². The normalized spacial score (nSPS) is 11.9. The van der Waals surface area contributed by atoms with Gasteiger partial charge < -0.3 is 0 Å². The Morgan fingerprint density at radius 1 is 1.18 bits per heavy atom. The van der Waals surface area contributed by atoms with Crippen molar-refractivity contribution in [1.29, 1.82) is 0 Å². The van der Waals surface area contributed by atoms with Crippen LogP contribution in [0, 0.1) is 0 Å². The highest BCUT2D eigenvalue weighted by Crippen LogP contribution is 1.92. The maximum absolute atomic E-state index is 3.91. The zero-order valence-electron chi connectivity index (χ0n) is 8.26. The Kier molecular flexibility index (Phi) is 13.8. The molecule has 0 saturated carbocycles. The van der Waals surface area contributed by atoms with Crippen molar-refractivity contribution in [3.05, 3.63) is 23.9 Å². The van der Waals surface area contributed by atoms with E-state index in [0.717, 1.165) is 0 Å². The number of aliphatic imine (C=N–C) groups is 1. The minimum atomic E-state index is 1.24. The van der Waals surface area contributed by atoms with Crippen LogP contribution >= 0.6 is 0 Å². The Morgan fingerprint density at radius 3 is 2.09 bits per heavy atom. The lowest BCUT2D eigenvalue weighted by atomic mass is 10.3. The van der Waals surface area contributed by atoms with Crippen LogP contribution in [0.4, 0.5) is 0 Å². The lowest BCUT2D eigenvalue weighted by Crippen LogP contribution is -1.63. The molecule has 0 aromatic carbocycles. The Morgan fingerprint density at radius 2 is 1.73 bits per heavy atom. The van der Waals surface area contributed by atoms with Crippen LogP contribution in [0.15, 0.2) is 28.9 Å². The van der Waals surface area contributed by atoms with Gasteiger partial charge in [-0.05, 0) is 26.8 Å². The third kappa shape index (κ3) is 12.4. The summed E-state index contributed by atoms with van der Waals surface area (Å²) < 4.78 is 0. The fourth-order valence-corrected chi connectivity index (χ4v) is 0.343. The van der Waals surface area contributed by atoms with Crippen LogP contribution in [-0.4, -0.2) is 6.21 Å². The Balaban J connectivity index is 0. The molecule has 0 N–H and O–H groups in total. The molecule has 0 atom stereocenters. The van der Waals surface area contributed by atoms with Gasteiger partial charge in [0.15, 0.2) is 0 Å². The zero-order chi connectivity index (χ0) is 9.11. The summed E-state index contributed by atoms with van der Waals surface area (Å²) in [6.45, 7) is 9.95. The number of hydrogen-bond acceptors (Lipinski definition) is 1. The Labute approximate surface area is 70.5 Å². The van der Waals surface area contributed by atoms with Gasteiger partial charge in [-0.2, -0.15) is 0 Å². The number of allylic oxidation sites excluding steroid dienone is 3. The minimum absolute atomic E-state index is 1.24. The van der Waals surface area contributed by atoms with Crippen molar-refractivity contribution in [2.24, 2.45) is 4.99 Å². The van der Waals surface area contributed by atoms with Crippen molar-refractivity contribution < 1.29 is 0 Å². The van der Waals surface area contributed by atoms with Gasteiger partial charge in [-0.1, -0.05) is 25.5 Å². The highest BCUT2D eigenvalue weighted by atomic mass is 14.6. The van der Waals surface area contributed by atoms with Gasteiger partial charge in [0.25, 0.3) is 0 Å². The maximum Gasteiger partial charge on any atom is 0.0266 e. The lowest BCUT2D eigenvalue weighted by molar-refractivity contribution is 1.44. The van der Waals surface area contributed by atoms with Gasteiger partial charge in [-0.15, -0.1) is 0 Å². The number of rotatable bonds is 2. The van der Waals surface area contributed by atoms with Gasteiger partial charge in [0.2, 0.25) is 0 Å². The summed E-state index contributed by atoms with van der Waals surface area (Å²) in [7, 11) is 0. The molecule has 0 spiro atoms. The van der Waals surface area contributed by atoms with Crippen LogP contribution < -0.4 is 0 Å². The van der Waals surface area contributed by atoms with Gasteiger partial charge in [0, 0.05) is 12.4 Å². The number of nitrogens with zero attached hydrogens (tertiary/aromatic N) is 1. The molecular formula is C10H19N. The van der Waals surface area contributed by atoms with Crippen LogP contribution in [0.25, 0.3) is 0 Å². The first kappa shape index (κ1) is 12.8. The molecule has 0 aliphatic rings. The first-order chi connectivity index (χ1) is 5.31. The van der Waals surface area contributed by atoms with Crippen LogP contribution in [0.5, 0.6) is 0 Å². The molecule has 64 valence electrons. The average Bonchev–Trinajstić information content (AvgIpc) is 2.08. The quantitative estimate of drug-likeness (QED) is 0.424. The van der Waals surface area contributed by atoms with Gasteiger partial charge >= 0.3 is 0 Å². The van der Waals surface area contributed by atoms with Gasteiger partial charge in [0.1, 0.15) is 0 Å². The molecule has 0 amide bonds. The molecule has 0 aliphatic heterocycles. The van der Waals surface area contributed by atoms with Crippen molar-refractivity contribution in [2.45, 2.75) is 34.6 Å². The van der Waals surface area contributed by atoms with Crippen LogP contribution in [0.2, 0.25) is 0 Å². The van der Waals surface area contributed by atoms with E-state index in [4.69, 9.17) is 0 Å². The van der Waals surface area contributed by atoms with E-state index in [9.17, 15) is 0 Å². The molecular weight excluding hydrogens is 134 g/mol. The fourth-order valence-electron chi connectivity index (χ4n) is 0.343. The second kappa shape index (κ2) is 11.9. The highest BCUT2D eigenvalue weighted by molar-refractivity contribution is 5.54. The van der Waals surface area contributed by atoms with Crippen molar-refractivity contribution in [3.8, 4) is 0 Å². The summed E-state index contributed by atoms with van der Waals surface area (Å²) in [5, 5.41) is 0. The maximum atomic E-state index is 3.91. The van der Waals surface area contributed by atoms with E-state index >= 15 is 0 Å². The fraction of sp³-hybridized carbons (Fsp3) is 0.500. The van der Waals surface area contributed by atoms with Crippen molar-refractivity contribution in [2.75, 3.05) is 0 Å². The summed E-state index contributed by atoms with van der Waals surface area (Å²) in [5.74, 6) is 0. The predicted octanol–water partition coefficient (Wildman–Crippen LogP) is 3.58. The van der Waals surface area contributed by atoms with E-state index in [2.05, 4.69) is 4.99 Å². The van der Waals surface area contributed by atoms with Crippen molar-refractivity contribution in [3.63, 3.8) is 0 Å². The van der Waals surface area contributed by atoms with Crippen LogP contribution in [0.1, 0.15) is 34.6 Å². The molecule has 0 saturated heterocycles. The van der Waals surface area contributed by atoms with Crippen LogP contribution in [-0.2, 0) is 0 Å². The molecule has 0 heterocycles. The molecule has 0 radical (unpaired) electrons. The summed E-state index contributed by atoms with van der Waals surface area (Å²) in [6.07, 6.45) is 7.57. The van der Waals surface area contributed by atoms with E-state index in [1.165, 1.54) is 5.57 Å². The van der Waals surface area contributed by atoms with Gasteiger partial charge in [0.05, 0.1) is 0 Å². The Hall–Kier alpha value is -0.850. The second-order valence-electron chi connectivity index (χ2n) is 1.76. The summed E-state index contributed by atoms with van der Waals surface area (Å²) >= 11 is 0. The number of hydrogen-bond donors (Lipinski definition) is 0. The van der Waals surface area contributed by atoms with E-state index in [-0.39, 0.29) is 0 Å². The van der Waals surface area contributed by atoms with E-state index in [1.807, 2.05) is 46.8 Å². The highest BCUT2D eigenvalue weighted by Gasteiger charge is 1.72. The molecule has 0 rings (SSSR count). The van der Waals surface area contributed by atoms with Gasteiger partial charge in [-0.3, -0.25) is 4.99 Å². The summed E-state index contributed by atoms with van der Waals surface area (Å²) in [4.78, 5) is 3.91. The molecule has 1 nitrogen and oxygen atoms in total.